The van der Waals surface area contributed by atoms with Crippen LogP contribution < -0.4 is 15.5 Å². The molecule has 12 heteroatoms. The molecule has 0 aliphatic heterocycles. The number of carbonyl (C=O) groups is 3. The van der Waals surface area contributed by atoms with Crippen molar-refractivity contribution in [2.45, 2.75) is 50.7 Å². The second-order valence-electron chi connectivity index (χ2n) is 10.1. The topological polar surface area (TPSA) is 142 Å². The minimum atomic E-state index is -2.23. The van der Waals surface area contributed by atoms with E-state index in [1.165, 1.54) is 47.9 Å². The van der Waals surface area contributed by atoms with Gasteiger partial charge in [0.25, 0.3) is 5.91 Å². The third kappa shape index (κ3) is 7.65. The molecule has 0 aromatic heterocycles. The quantitative estimate of drug-likeness (QED) is 0.193. The smallest absolute Gasteiger partial charge is 0.340 e. The van der Waals surface area contributed by atoms with E-state index < -0.39 is 47.1 Å². The van der Waals surface area contributed by atoms with Crippen molar-refractivity contribution in [1.82, 2.24) is 5.32 Å². The molecule has 0 spiro atoms. The van der Waals surface area contributed by atoms with Crippen molar-refractivity contribution in [2.24, 2.45) is 0 Å². The Morgan fingerprint density at radius 2 is 1.67 bits per heavy atom. The van der Waals surface area contributed by atoms with E-state index in [0.717, 1.165) is 25.0 Å². The van der Waals surface area contributed by atoms with Gasteiger partial charge in [-0.25, -0.2) is 14.0 Å². The second kappa shape index (κ2) is 13.7. The number of alkyl halides is 1. The number of anilines is 2. The largest absolute Gasteiger partial charge is 0.479 e. The number of nitrogens with one attached hydrogen (secondary N) is 2. The number of halogens is 2. The van der Waals surface area contributed by atoms with Crippen LogP contribution in [0.15, 0.2) is 66.7 Å². The zero-order valence-electron chi connectivity index (χ0n) is 22.6. The van der Waals surface area contributed by atoms with Crippen molar-refractivity contribution < 1.29 is 33.2 Å². The lowest BCUT2D eigenvalue weighted by Crippen LogP contribution is -2.35. The van der Waals surface area contributed by atoms with Gasteiger partial charge in [-0.15, -0.1) is 0 Å². The number of hydrogen-bond acceptors (Lipinski definition) is 5. The molecular formula is C30H30F2N4O6. The maximum atomic E-state index is 13.8. The fourth-order valence-corrected chi connectivity index (χ4v) is 4.88. The summed E-state index contributed by atoms with van der Waals surface area (Å²) in [5.41, 5.74) is 1.79. The standard InChI is InChI=1S/C30H30F2N4O6/c31-25-15-12-23(16-27(25)36(41)42)34-30(40)35(24-13-10-21(11-14-24)20-4-2-1-3-5-20)18-19-6-8-22(9-7-19)28(37)33-17-26(32)29(38)39/h6-16,20,26H,1-5,17-18H2,(H,33,37)(H,34,40)(H,38,39). The predicted molar refractivity (Wildman–Crippen MR) is 152 cm³/mol. The minimum Gasteiger partial charge on any atom is -0.479 e. The van der Waals surface area contributed by atoms with Gasteiger partial charge in [-0.2, -0.15) is 4.39 Å². The number of nitro groups is 1. The molecule has 1 aliphatic carbocycles. The summed E-state index contributed by atoms with van der Waals surface area (Å²) in [4.78, 5) is 48.1. The maximum Gasteiger partial charge on any atom is 0.340 e. The van der Waals surface area contributed by atoms with E-state index in [4.69, 9.17) is 5.11 Å². The number of carbonyl (C=O) groups excluding carboxylic acids is 2. The molecule has 0 radical (unpaired) electrons. The van der Waals surface area contributed by atoms with Crippen molar-refractivity contribution in [3.05, 3.63) is 99.4 Å². The third-order valence-electron chi connectivity index (χ3n) is 7.19. The van der Waals surface area contributed by atoms with Gasteiger partial charge in [0, 0.05) is 23.0 Å². The summed E-state index contributed by atoms with van der Waals surface area (Å²) < 4.78 is 27.1. The fraction of sp³-hybridized carbons (Fsp3) is 0.300. The SMILES string of the molecule is O=C(NCC(F)C(=O)O)c1ccc(CN(C(=O)Nc2ccc(F)c([N+](=O)[O-])c2)c2ccc(C3CCCCC3)cc2)cc1. The van der Waals surface area contributed by atoms with Gasteiger partial charge in [0.15, 0.2) is 0 Å². The fourth-order valence-electron chi connectivity index (χ4n) is 4.88. The van der Waals surface area contributed by atoms with Crippen molar-refractivity contribution in [3.8, 4) is 0 Å². The van der Waals surface area contributed by atoms with Crippen molar-refractivity contribution in [2.75, 3.05) is 16.8 Å². The number of nitrogens with zero attached hydrogens (tertiary/aromatic N) is 2. The summed E-state index contributed by atoms with van der Waals surface area (Å²) >= 11 is 0. The summed E-state index contributed by atoms with van der Waals surface area (Å²) in [6.45, 7) is -0.631. The zero-order chi connectivity index (χ0) is 30.2. The molecule has 3 aromatic carbocycles. The van der Waals surface area contributed by atoms with Crippen LogP contribution in [-0.4, -0.2) is 40.7 Å². The highest BCUT2D eigenvalue weighted by molar-refractivity contribution is 6.02. The molecule has 1 unspecified atom stereocenters. The lowest BCUT2D eigenvalue weighted by atomic mass is 9.84. The molecule has 220 valence electrons. The monoisotopic (exact) mass is 580 g/mol. The number of aliphatic carboxylic acids is 1. The van der Waals surface area contributed by atoms with Crippen LogP contribution in [0.4, 0.5) is 30.6 Å². The lowest BCUT2D eigenvalue weighted by Gasteiger charge is -2.25. The predicted octanol–water partition coefficient (Wildman–Crippen LogP) is 6.17. The van der Waals surface area contributed by atoms with E-state index >= 15 is 0 Å². The number of benzene rings is 3. The molecule has 1 saturated carbocycles. The molecule has 0 saturated heterocycles. The van der Waals surface area contributed by atoms with Crippen LogP contribution in [0.2, 0.25) is 0 Å². The van der Waals surface area contributed by atoms with Crippen molar-refractivity contribution in [1.29, 1.82) is 0 Å². The van der Waals surface area contributed by atoms with E-state index in [-0.39, 0.29) is 17.8 Å². The molecule has 0 bridgehead atoms. The molecule has 42 heavy (non-hydrogen) atoms. The number of amides is 3. The van der Waals surface area contributed by atoms with Gasteiger partial charge in [-0.05, 0) is 66.3 Å². The van der Waals surface area contributed by atoms with Gasteiger partial charge in [0.1, 0.15) is 0 Å². The van der Waals surface area contributed by atoms with Gasteiger partial charge in [0.2, 0.25) is 12.0 Å². The molecule has 1 atom stereocenters. The molecule has 3 amide bonds. The second-order valence-corrected chi connectivity index (χ2v) is 10.1. The number of rotatable bonds is 10. The van der Waals surface area contributed by atoms with Crippen LogP contribution in [0.25, 0.3) is 0 Å². The van der Waals surface area contributed by atoms with Gasteiger partial charge in [-0.1, -0.05) is 43.5 Å². The van der Waals surface area contributed by atoms with Crippen LogP contribution in [0.5, 0.6) is 0 Å². The zero-order valence-corrected chi connectivity index (χ0v) is 22.6. The first kappa shape index (κ1) is 30.1. The van der Waals surface area contributed by atoms with Crippen molar-refractivity contribution >= 4 is 35.0 Å². The molecule has 10 nitrogen and oxygen atoms in total. The highest BCUT2D eigenvalue weighted by atomic mass is 19.1. The first-order valence-corrected chi connectivity index (χ1v) is 13.5. The highest BCUT2D eigenvalue weighted by Crippen LogP contribution is 2.34. The average molecular weight is 581 g/mol. The van der Waals surface area contributed by atoms with Gasteiger partial charge in [-0.3, -0.25) is 19.8 Å². The number of carboxylic acid groups (broad SMARTS) is 1. The Bertz CT molecular complexity index is 1440. The third-order valence-corrected chi connectivity index (χ3v) is 7.19. The van der Waals surface area contributed by atoms with E-state index in [1.54, 1.807) is 12.1 Å². The number of nitro benzene ring substituents is 1. The van der Waals surface area contributed by atoms with E-state index in [2.05, 4.69) is 10.6 Å². The summed E-state index contributed by atoms with van der Waals surface area (Å²) in [6, 6.07) is 16.2. The Morgan fingerprint density at radius 1 is 1.00 bits per heavy atom. The molecule has 1 fully saturated rings. The highest BCUT2D eigenvalue weighted by Gasteiger charge is 2.22. The maximum absolute atomic E-state index is 13.8. The number of urea groups is 1. The van der Waals surface area contributed by atoms with Crippen LogP contribution in [0, 0.1) is 15.9 Å². The summed E-state index contributed by atoms with van der Waals surface area (Å²) in [6.07, 6.45) is 3.56. The summed E-state index contributed by atoms with van der Waals surface area (Å²) in [5, 5.41) is 24.6. The van der Waals surface area contributed by atoms with Gasteiger partial charge < -0.3 is 15.7 Å². The van der Waals surface area contributed by atoms with Crippen LogP contribution in [0.3, 0.4) is 0 Å². The van der Waals surface area contributed by atoms with Crippen LogP contribution in [-0.2, 0) is 11.3 Å². The normalized spacial score (nSPS) is 14.0. The van der Waals surface area contributed by atoms with Gasteiger partial charge in [0.05, 0.1) is 18.0 Å². The number of carboxylic acids is 1. The van der Waals surface area contributed by atoms with E-state index in [9.17, 15) is 33.3 Å². The van der Waals surface area contributed by atoms with E-state index in [0.29, 0.717) is 17.2 Å². The Labute approximate surface area is 240 Å². The summed E-state index contributed by atoms with van der Waals surface area (Å²) in [7, 11) is 0. The van der Waals surface area contributed by atoms with E-state index in [1.807, 2.05) is 24.3 Å². The molecule has 3 N–H and O–H groups in total. The van der Waals surface area contributed by atoms with Crippen LogP contribution >= 0.6 is 0 Å². The molecule has 3 aromatic rings. The first-order valence-electron chi connectivity index (χ1n) is 13.5. The average Bonchev–Trinajstić information content (AvgIpc) is 3.00. The van der Waals surface area contributed by atoms with Gasteiger partial charge >= 0.3 is 17.7 Å². The Morgan fingerprint density at radius 3 is 2.29 bits per heavy atom. The molecular weight excluding hydrogens is 550 g/mol. The Hall–Kier alpha value is -4.87. The first-order chi connectivity index (χ1) is 20.1. The lowest BCUT2D eigenvalue weighted by molar-refractivity contribution is -0.387. The Balaban J connectivity index is 1.54. The van der Waals surface area contributed by atoms with Crippen LogP contribution in [0.1, 0.15) is 59.5 Å². The van der Waals surface area contributed by atoms with Crippen molar-refractivity contribution in [3.63, 3.8) is 0 Å². The molecule has 1 aliphatic rings. The molecule has 0 heterocycles. The number of hydrogen-bond donors (Lipinski definition) is 3. The minimum absolute atomic E-state index is 0.0384. The molecule has 4 rings (SSSR count). The Kier molecular flexibility index (Phi) is 9.79. The summed E-state index contributed by atoms with van der Waals surface area (Å²) in [5.74, 6) is -2.90.